The molecule has 2 aliphatic carbocycles. The Morgan fingerprint density at radius 2 is 2.08 bits per heavy atom. The molecule has 144 valence electrons. The average Bonchev–Trinajstić information content (AvgIpc) is 2.86. The van der Waals surface area contributed by atoms with Crippen LogP contribution < -0.4 is 9.46 Å². The van der Waals surface area contributed by atoms with Crippen molar-refractivity contribution in [2.45, 2.75) is 46.3 Å². The molecule has 26 heavy (non-hydrogen) atoms. The summed E-state index contributed by atoms with van der Waals surface area (Å²) in [5, 5.41) is 0. The van der Waals surface area contributed by atoms with Gasteiger partial charge in [0, 0.05) is 18.4 Å². The molecule has 5 nitrogen and oxygen atoms in total. The molecule has 0 amide bonds. The molecular weight excluding hydrogens is 364 g/mol. The van der Waals surface area contributed by atoms with Crippen LogP contribution in [0.5, 0.6) is 5.75 Å². The zero-order valence-corrected chi connectivity index (χ0v) is 15.6. The maximum atomic E-state index is 12.6. The van der Waals surface area contributed by atoms with Gasteiger partial charge in [0.05, 0.1) is 5.75 Å². The molecule has 2 unspecified atom stereocenters. The quantitative estimate of drug-likeness (QED) is 0.780. The molecule has 2 saturated carbocycles. The fourth-order valence-corrected chi connectivity index (χ4v) is 6.32. The normalized spacial score (nSPS) is 27.3. The highest BCUT2D eigenvalue weighted by Gasteiger charge is 2.65. The van der Waals surface area contributed by atoms with Gasteiger partial charge in [0.2, 0.25) is 10.0 Å². The fraction of sp³-hybridized carbons (Fsp3) is 0.611. The number of hydrogen-bond acceptors (Lipinski definition) is 4. The lowest BCUT2D eigenvalue weighted by atomic mass is 9.70. The van der Waals surface area contributed by atoms with Gasteiger partial charge in [-0.2, -0.15) is 8.78 Å². The summed E-state index contributed by atoms with van der Waals surface area (Å²) in [5.41, 5.74) is -0.654. The summed E-state index contributed by atoms with van der Waals surface area (Å²) in [6.07, 6.45) is 1.93. The zero-order valence-electron chi connectivity index (χ0n) is 14.8. The van der Waals surface area contributed by atoms with Gasteiger partial charge in [0.1, 0.15) is 11.5 Å². The van der Waals surface area contributed by atoms with E-state index in [0.717, 1.165) is 6.42 Å². The van der Waals surface area contributed by atoms with Gasteiger partial charge in [-0.1, -0.05) is 26.0 Å². The van der Waals surface area contributed by atoms with Crippen molar-refractivity contribution in [3.63, 3.8) is 0 Å². The largest absolute Gasteiger partial charge is 0.435 e. The van der Waals surface area contributed by atoms with Crippen LogP contribution in [0.4, 0.5) is 8.78 Å². The van der Waals surface area contributed by atoms with Gasteiger partial charge in [-0.3, -0.25) is 4.79 Å². The van der Waals surface area contributed by atoms with Crippen LogP contribution >= 0.6 is 0 Å². The van der Waals surface area contributed by atoms with E-state index in [2.05, 4.69) is 9.46 Å². The lowest BCUT2D eigenvalue weighted by molar-refractivity contribution is -0.128. The van der Waals surface area contributed by atoms with Gasteiger partial charge in [-0.25, -0.2) is 13.1 Å². The number of ketones is 1. The van der Waals surface area contributed by atoms with E-state index in [0.29, 0.717) is 18.4 Å². The Hall–Kier alpha value is -1.54. The molecule has 1 aromatic carbocycles. The van der Waals surface area contributed by atoms with E-state index in [9.17, 15) is 22.0 Å². The summed E-state index contributed by atoms with van der Waals surface area (Å²) >= 11 is 0. The SMILES string of the molecule is CC1(C)C2CCC1(CS(=O)(=O)NCc1cccc(OC(F)F)c1)C(=O)C2. The van der Waals surface area contributed by atoms with Crippen molar-refractivity contribution in [2.24, 2.45) is 16.7 Å². The molecule has 2 bridgehead atoms. The summed E-state index contributed by atoms with van der Waals surface area (Å²) in [5.74, 6) is 0.0288. The summed E-state index contributed by atoms with van der Waals surface area (Å²) < 4.78 is 56.6. The second-order valence-electron chi connectivity index (χ2n) is 7.77. The van der Waals surface area contributed by atoms with Crippen LogP contribution in [0.1, 0.15) is 38.7 Å². The predicted octanol–water partition coefficient (Wildman–Crippen LogP) is 3.10. The van der Waals surface area contributed by atoms with Gasteiger partial charge in [-0.05, 0) is 41.9 Å². The third-order valence-corrected chi connectivity index (χ3v) is 7.65. The average molecular weight is 387 g/mol. The number of carbonyl (C=O) groups is 1. The molecule has 0 saturated heterocycles. The van der Waals surface area contributed by atoms with Crippen molar-refractivity contribution >= 4 is 15.8 Å². The third-order valence-electron chi connectivity index (χ3n) is 6.20. The number of sulfonamides is 1. The summed E-state index contributed by atoms with van der Waals surface area (Å²) in [7, 11) is -3.71. The molecule has 0 radical (unpaired) electrons. The maximum absolute atomic E-state index is 12.6. The molecule has 8 heteroatoms. The van der Waals surface area contributed by atoms with Crippen LogP contribution in [0.15, 0.2) is 24.3 Å². The summed E-state index contributed by atoms with van der Waals surface area (Å²) in [6.45, 7) is 0.982. The van der Waals surface area contributed by atoms with E-state index in [4.69, 9.17) is 0 Å². The Kier molecular flexibility index (Phi) is 4.85. The van der Waals surface area contributed by atoms with Gasteiger partial charge < -0.3 is 4.74 Å². The number of rotatable bonds is 7. The van der Waals surface area contributed by atoms with Crippen LogP contribution in [0.2, 0.25) is 0 Å². The first-order valence-electron chi connectivity index (χ1n) is 8.60. The standard InChI is InChI=1S/C18H23F2NO4S/c1-17(2)13-6-7-18(17,15(22)9-13)11-26(23,24)21-10-12-4-3-5-14(8-12)25-16(19)20/h3-5,8,13,16,21H,6-7,9-11H2,1-2H3. The molecule has 3 rings (SSSR count). The van der Waals surface area contributed by atoms with Crippen LogP contribution in [-0.2, 0) is 21.4 Å². The third kappa shape index (κ3) is 3.36. The van der Waals surface area contributed by atoms with Gasteiger partial charge in [0.25, 0.3) is 0 Å². The molecule has 1 aromatic rings. The zero-order chi connectivity index (χ0) is 19.2. The second-order valence-corrected chi connectivity index (χ2v) is 9.58. The lowest BCUT2D eigenvalue weighted by Crippen LogP contribution is -2.45. The van der Waals surface area contributed by atoms with Crippen LogP contribution in [0, 0.1) is 16.7 Å². The maximum Gasteiger partial charge on any atom is 0.387 e. The first kappa shape index (κ1) is 19.2. The minimum Gasteiger partial charge on any atom is -0.435 e. The molecule has 2 fully saturated rings. The Balaban J connectivity index is 1.70. The highest BCUT2D eigenvalue weighted by Crippen LogP contribution is 2.64. The van der Waals surface area contributed by atoms with E-state index < -0.39 is 22.0 Å². The number of ether oxygens (including phenoxy) is 1. The first-order valence-corrected chi connectivity index (χ1v) is 10.3. The van der Waals surface area contributed by atoms with Crippen LogP contribution in [-0.4, -0.2) is 26.6 Å². The predicted molar refractivity (Wildman–Crippen MR) is 92.3 cm³/mol. The minimum absolute atomic E-state index is 0.0268. The van der Waals surface area contributed by atoms with E-state index in [-0.39, 0.29) is 35.2 Å². The van der Waals surface area contributed by atoms with Crippen molar-refractivity contribution < 1.29 is 26.7 Å². The van der Waals surface area contributed by atoms with E-state index >= 15 is 0 Å². The first-order chi connectivity index (χ1) is 12.1. The van der Waals surface area contributed by atoms with Crippen LogP contribution in [0.3, 0.4) is 0 Å². The van der Waals surface area contributed by atoms with Crippen molar-refractivity contribution in [1.29, 1.82) is 0 Å². The Labute approximate surface area is 152 Å². The molecule has 2 atom stereocenters. The molecule has 2 aliphatic rings. The highest BCUT2D eigenvalue weighted by molar-refractivity contribution is 7.89. The van der Waals surface area contributed by atoms with Crippen molar-refractivity contribution in [3.8, 4) is 5.75 Å². The summed E-state index contributed by atoms with van der Waals surface area (Å²) in [6, 6.07) is 5.88. The minimum atomic E-state index is -3.71. The number of halogens is 2. The number of alkyl halides is 2. The number of fused-ring (bicyclic) bond motifs is 2. The molecular formula is C18H23F2NO4S. The lowest BCUT2D eigenvalue weighted by Gasteiger charge is -2.36. The molecule has 1 N–H and O–H groups in total. The highest BCUT2D eigenvalue weighted by atomic mass is 32.2. The number of hydrogen-bond donors (Lipinski definition) is 1. The molecule has 0 heterocycles. The van der Waals surface area contributed by atoms with Crippen molar-refractivity contribution in [2.75, 3.05) is 5.75 Å². The van der Waals surface area contributed by atoms with Crippen molar-refractivity contribution in [3.05, 3.63) is 29.8 Å². The molecule has 0 aliphatic heterocycles. The van der Waals surface area contributed by atoms with E-state index in [1.165, 1.54) is 18.2 Å². The van der Waals surface area contributed by atoms with Crippen molar-refractivity contribution in [1.82, 2.24) is 4.72 Å². The van der Waals surface area contributed by atoms with Gasteiger partial charge in [0.15, 0.2) is 0 Å². The Morgan fingerprint density at radius 1 is 1.35 bits per heavy atom. The Morgan fingerprint density at radius 3 is 2.65 bits per heavy atom. The summed E-state index contributed by atoms with van der Waals surface area (Å²) in [4.78, 5) is 12.5. The molecule has 0 aromatic heterocycles. The number of Topliss-reactive ketones (excluding diaryl/α,β-unsaturated/α-hetero) is 1. The van der Waals surface area contributed by atoms with E-state index in [1.807, 2.05) is 13.8 Å². The Bertz CT molecular complexity index is 809. The van der Waals surface area contributed by atoms with Crippen LogP contribution in [0.25, 0.3) is 0 Å². The fourth-order valence-electron chi connectivity index (χ4n) is 4.51. The topological polar surface area (TPSA) is 72.5 Å². The number of benzene rings is 1. The number of carbonyl (C=O) groups excluding carboxylic acids is 1. The second kappa shape index (κ2) is 6.56. The molecule has 0 spiro atoms. The van der Waals surface area contributed by atoms with E-state index in [1.54, 1.807) is 6.07 Å². The number of nitrogens with one attached hydrogen (secondary N) is 1. The smallest absolute Gasteiger partial charge is 0.387 e. The van der Waals surface area contributed by atoms with Gasteiger partial charge in [-0.15, -0.1) is 0 Å². The van der Waals surface area contributed by atoms with Gasteiger partial charge >= 0.3 is 6.61 Å². The monoisotopic (exact) mass is 387 g/mol.